The number of carbonyl (C=O) groups excluding carboxylic acids is 2. The Labute approximate surface area is 334 Å². The van der Waals surface area contributed by atoms with Crippen molar-refractivity contribution in [2.45, 2.75) is 154 Å². The Balaban J connectivity index is 4.80. The SMILES string of the molecule is CCCCC/C=C\C[C@@H](O)/C=C/C=C/C=C\[C@@H](O)CCCC(=O)OC[C@H](COP(=O)(O)OC[C@@H](O)COP(=O)(O)O)OC(=O)CCCCCCCCCC(C)C. The van der Waals surface area contributed by atoms with Crippen LogP contribution in [0.3, 0.4) is 0 Å². The highest BCUT2D eigenvalue weighted by molar-refractivity contribution is 7.47. The lowest BCUT2D eigenvalue weighted by molar-refractivity contribution is -0.161. The minimum Gasteiger partial charge on any atom is -0.462 e. The van der Waals surface area contributed by atoms with Crippen LogP contribution in [0.1, 0.15) is 130 Å². The van der Waals surface area contributed by atoms with Gasteiger partial charge in [-0.05, 0) is 44.4 Å². The molecule has 17 heteroatoms. The summed E-state index contributed by atoms with van der Waals surface area (Å²) < 4.78 is 47.4. The molecule has 0 fully saturated rings. The van der Waals surface area contributed by atoms with Crippen LogP contribution in [-0.4, -0.2) is 92.8 Å². The van der Waals surface area contributed by atoms with Crippen LogP contribution in [-0.2, 0) is 41.8 Å². The van der Waals surface area contributed by atoms with Crippen LogP contribution in [0.25, 0.3) is 0 Å². The molecular weight excluding hydrogens is 770 g/mol. The van der Waals surface area contributed by atoms with Crippen LogP contribution in [0, 0.1) is 5.92 Å². The van der Waals surface area contributed by atoms with E-state index in [2.05, 4.69) is 35.9 Å². The fourth-order valence-corrected chi connectivity index (χ4v) is 6.12. The van der Waals surface area contributed by atoms with Gasteiger partial charge in [-0.15, -0.1) is 0 Å². The van der Waals surface area contributed by atoms with Crippen molar-refractivity contribution in [3.05, 3.63) is 48.6 Å². The average Bonchev–Trinajstić information content (AvgIpc) is 3.12. The second-order valence-corrected chi connectivity index (χ2v) is 16.8. The molecule has 0 aromatic heterocycles. The summed E-state index contributed by atoms with van der Waals surface area (Å²) in [7, 11) is -9.74. The molecule has 326 valence electrons. The molecule has 0 amide bonds. The number of aliphatic hydroxyl groups is 3. The van der Waals surface area contributed by atoms with E-state index in [0.717, 1.165) is 38.5 Å². The number of hydrogen-bond donors (Lipinski definition) is 6. The van der Waals surface area contributed by atoms with Crippen LogP contribution in [0.2, 0.25) is 0 Å². The zero-order valence-corrected chi connectivity index (χ0v) is 35.4. The molecule has 0 rings (SSSR count). The molecule has 56 heavy (non-hydrogen) atoms. The Morgan fingerprint density at radius 3 is 1.86 bits per heavy atom. The summed E-state index contributed by atoms with van der Waals surface area (Å²) in [5, 5.41) is 29.9. The second kappa shape index (κ2) is 33.9. The number of carbonyl (C=O) groups is 2. The Hall–Kier alpha value is -2.00. The Morgan fingerprint density at radius 1 is 0.625 bits per heavy atom. The zero-order valence-electron chi connectivity index (χ0n) is 33.6. The predicted octanol–water partition coefficient (Wildman–Crippen LogP) is 7.30. The summed E-state index contributed by atoms with van der Waals surface area (Å²) in [6.45, 7) is 3.60. The van der Waals surface area contributed by atoms with Crippen LogP contribution in [0.4, 0.5) is 0 Å². The van der Waals surface area contributed by atoms with E-state index in [4.69, 9.17) is 23.8 Å². The number of rotatable bonds is 36. The number of phosphoric acid groups is 2. The maximum Gasteiger partial charge on any atom is 0.472 e. The van der Waals surface area contributed by atoms with Crippen molar-refractivity contribution < 1.29 is 71.8 Å². The van der Waals surface area contributed by atoms with Crippen molar-refractivity contribution in [3.8, 4) is 0 Å². The topological polar surface area (TPSA) is 236 Å². The van der Waals surface area contributed by atoms with Gasteiger partial charge in [-0.3, -0.25) is 23.2 Å². The molecular formula is C39H70O15P2. The first-order chi connectivity index (χ1) is 26.5. The number of aliphatic hydroxyl groups excluding tert-OH is 3. The highest BCUT2D eigenvalue weighted by atomic mass is 31.2. The number of hydrogen-bond acceptors (Lipinski definition) is 12. The molecule has 0 aliphatic carbocycles. The standard InChI is InChI=1S/C39H70O15P2/c1-4-5-6-7-12-17-23-34(40)24-18-14-15-19-25-35(41)26-21-28-38(43)50-31-37(32-53-56(48,49)52-30-36(42)29-51-55(45,46)47)54-39(44)27-20-13-10-8-9-11-16-22-33(2)3/h12,14-15,17-19,24-25,33-37,40-42H,4-11,13,16,20-23,26-32H2,1-3H3,(H,48,49)(H2,45,46,47)/b15-14+,17-12-,24-18+,25-19-/t34-,35-,36+,37-/m1/s1. The molecule has 1 unspecified atom stereocenters. The van der Waals surface area contributed by atoms with Gasteiger partial charge in [-0.25, -0.2) is 9.13 Å². The fourth-order valence-electron chi connectivity index (χ4n) is 4.96. The van der Waals surface area contributed by atoms with E-state index in [1.807, 2.05) is 6.08 Å². The van der Waals surface area contributed by atoms with E-state index in [0.29, 0.717) is 18.8 Å². The third-order valence-corrected chi connectivity index (χ3v) is 9.51. The van der Waals surface area contributed by atoms with E-state index in [1.54, 1.807) is 36.5 Å². The lowest BCUT2D eigenvalue weighted by atomic mass is 10.0. The fraction of sp³-hybridized carbons (Fsp3) is 0.744. The van der Waals surface area contributed by atoms with Crippen LogP contribution < -0.4 is 0 Å². The molecule has 0 heterocycles. The molecule has 5 atom stereocenters. The molecule has 0 radical (unpaired) electrons. The van der Waals surface area contributed by atoms with Gasteiger partial charge in [0.1, 0.15) is 12.7 Å². The van der Waals surface area contributed by atoms with Crippen molar-refractivity contribution in [1.82, 2.24) is 0 Å². The third-order valence-electron chi connectivity index (χ3n) is 8.08. The lowest BCUT2D eigenvalue weighted by Crippen LogP contribution is -2.30. The first kappa shape index (κ1) is 54.0. The molecule has 0 saturated carbocycles. The summed E-state index contributed by atoms with van der Waals surface area (Å²) in [5.41, 5.74) is 0. The molecule has 6 N–H and O–H groups in total. The number of phosphoric ester groups is 2. The Bertz CT molecular complexity index is 1230. The first-order valence-corrected chi connectivity index (χ1v) is 22.9. The van der Waals surface area contributed by atoms with E-state index < -0.39 is 78.4 Å². The van der Waals surface area contributed by atoms with Gasteiger partial charge >= 0.3 is 27.6 Å². The Morgan fingerprint density at radius 2 is 1.21 bits per heavy atom. The van der Waals surface area contributed by atoms with Gasteiger partial charge < -0.3 is 39.5 Å². The monoisotopic (exact) mass is 840 g/mol. The van der Waals surface area contributed by atoms with Gasteiger partial charge in [0.2, 0.25) is 0 Å². The third kappa shape index (κ3) is 37.6. The van der Waals surface area contributed by atoms with Crippen molar-refractivity contribution in [2.75, 3.05) is 26.4 Å². The summed E-state index contributed by atoms with van der Waals surface area (Å²) in [6, 6.07) is 0. The van der Waals surface area contributed by atoms with Gasteiger partial charge in [0.25, 0.3) is 0 Å². The van der Waals surface area contributed by atoms with Crippen molar-refractivity contribution >= 4 is 27.6 Å². The van der Waals surface area contributed by atoms with Gasteiger partial charge in [0, 0.05) is 12.8 Å². The molecule has 0 aliphatic heterocycles. The number of allylic oxidation sites excluding steroid dienone is 5. The van der Waals surface area contributed by atoms with Crippen molar-refractivity contribution in [2.24, 2.45) is 5.92 Å². The molecule has 0 aromatic rings. The minimum absolute atomic E-state index is 0.0659. The Kier molecular flexibility index (Phi) is 32.7. The summed E-state index contributed by atoms with van der Waals surface area (Å²) in [4.78, 5) is 52.5. The maximum absolute atomic E-state index is 12.6. The molecule has 15 nitrogen and oxygen atoms in total. The van der Waals surface area contributed by atoms with Crippen LogP contribution >= 0.6 is 15.6 Å². The van der Waals surface area contributed by atoms with E-state index in [1.165, 1.54) is 32.1 Å². The number of ether oxygens (including phenoxy) is 2. The lowest BCUT2D eigenvalue weighted by Gasteiger charge is -2.20. The molecule has 0 aliphatic rings. The molecule has 0 saturated heterocycles. The van der Waals surface area contributed by atoms with E-state index in [-0.39, 0.29) is 25.7 Å². The minimum atomic E-state index is -4.89. The largest absolute Gasteiger partial charge is 0.472 e. The number of esters is 2. The molecule has 0 spiro atoms. The van der Waals surface area contributed by atoms with Gasteiger partial charge in [-0.2, -0.15) is 0 Å². The highest BCUT2D eigenvalue weighted by Gasteiger charge is 2.28. The van der Waals surface area contributed by atoms with Gasteiger partial charge in [0.15, 0.2) is 6.10 Å². The summed E-state index contributed by atoms with van der Waals surface area (Å²) >= 11 is 0. The van der Waals surface area contributed by atoms with Crippen LogP contribution in [0.5, 0.6) is 0 Å². The molecule has 0 aromatic carbocycles. The smallest absolute Gasteiger partial charge is 0.462 e. The first-order valence-electron chi connectivity index (χ1n) is 19.9. The van der Waals surface area contributed by atoms with E-state index >= 15 is 0 Å². The second-order valence-electron chi connectivity index (χ2n) is 14.1. The molecule has 0 bridgehead atoms. The zero-order chi connectivity index (χ0) is 42.1. The number of unbranched alkanes of at least 4 members (excludes halogenated alkanes) is 9. The van der Waals surface area contributed by atoms with Crippen molar-refractivity contribution in [3.63, 3.8) is 0 Å². The van der Waals surface area contributed by atoms with E-state index in [9.17, 15) is 38.9 Å². The van der Waals surface area contributed by atoms with Gasteiger partial charge in [0.05, 0.1) is 32.0 Å². The summed E-state index contributed by atoms with van der Waals surface area (Å²) in [5.74, 6) is -0.585. The van der Waals surface area contributed by atoms with Crippen LogP contribution in [0.15, 0.2) is 48.6 Å². The predicted molar refractivity (Wildman–Crippen MR) is 214 cm³/mol. The average molecular weight is 841 g/mol. The maximum atomic E-state index is 12.6. The van der Waals surface area contributed by atoms with Crippen molar-refractivity contribution in [1.29, 1.82) is 0 Å². The normalized spacial score (nSPS) is 15.9. The highest BCUT2D eigenvalue weighted by Crippen LogP contribution is 2.43. The van der Waals surface area contributed by atoms with Gasteiger partial charge in [-0.1, -0.05) is 127 Å². The quantitative estimate of drug-likeness (QED) is 0.0119. The summed E-state index contributed by atoms with van der Waals surface area (Å²) in [6.07, 6.45) is 23.5.